The normalized spacial score (nSPS) is 12.4. The zero-order chi connectivity index (χ0) is 13.8. The lowest BCUT2D eigenvalue weighted by Crippen LogP contribution is -2.28. The molecule has 0 atom stereocenters. The molecule has 3 nitrogen and oxygen atoms in total. The maximum atomic E-state index is 6.21. The fraction of sp³-hybridized carbons (Fsp3) is 0.786. The number of hydrogen-bond donors (Lipinski definition) is 1. The van der Waals surface area contributed by atoms with Crippen LogP contribution in [-0.2, 0) is 18.4 Å². The minimum atomic E-state index is -0.267. The van der Waals surface area contributed by atoms with E-state index in [0.29, 0.717) is 0 Å². The Hall–Kier alpha value is -0.450. The first-order chi connectivity index (χ1) is 8.42. The summed E-state index contributed by atoms with van der Waals surface area (Å²) in [5.74, 6) is 0. The molecule has 1 aromatic heterocycles. The summed E-state index contributed by atoms with van der Waals surface area (Å²) < 4.78 is 0. The summed E-state index contributed by atoms with van der Waals surface area (Å²) in [6.45, 7) is 14.0. The van der Waals surface area contributed by atoms with Gasteiger partial charge in [-0.15, -0.1) is 11.3 Å². The Labute approximate surface area is 115 Å². The number of likely N-dealkylation sites (N-methyl/N-ethyl adjacent to an activating group) is 1. The molecule has 0 bridgehead atoms. The number of nitrogens with zero attached hydrogens (tertiary/aromatic N) is 2. The van der Waals surface area contributed by atoms with Gasteiger partial charge in [0.05, 0.1) is 10.7 Å². The predicted molar refractivity (Wildman–Crippen MR) is 80.2 cm³/mol. The fourth-order valence-electron chi connectivity index (χ4n) is 2.04. The molecule has 0 radical (unpaired) electrons. The van der Waals surface area contributed by atoms with Crippen LogP contribution in [-0.4, -0.2) is 29.5 Å². The van der Waals surface area contributed by atoms with Crippen molar-refractivity contribution in [2.24, 2.45) is 5.73 Å². The molecule has 4 heteroatoms. The van der Waals surface area contributed by atoms with Crippen molar-refractivity contribution in [3.8, 4) is 0 Å². The Bertz CT molecular complexity index is 362. The van der Waals surface area contributed by atoms with E-state index in [0.717, 1.165) is 32.5 Å². The standard InChI is InChI=1S/C14H27N3S/c1-6-11-13(14(4,5)15)18-12(16-11)9-10-17(7-2)8-3/h6-10,15H2,1-5H3. The fourth-order valence-corrected chi connectivity index (χ4v) is 3.20. The van der Waals surface area contributed by atoms with E-state index in [4.69, 9.17) is 10.7 Å². The van der Waals surface area contributed by atoms with Crippen LogP contribution in [0, 0.1) is 0 Å². The average Bonchev–Trinajstić information content (AvgIpc) is 2.73. The van der Waals surface area contributed by atoms with Crippen molar-refractivity contribution < 1.29 is 0 Å². The van der Waals surface area contributed by atoms with Gasteiger partial charge in [0, 0.05) is 23.4 Å². The van der Waals surface area contributed by atoms with E-state index in [1.54, 1.807) is 11.3 Å². The minimum Gasteiger partial charge on any atom is -0.321 e. The van der Waals surface area contributed by atoms with Gasteiger partial charge in [0.15, 0.2) is 0 Å². The van der Waals surface area contributed by atoms with Crippen molar-refractivity contribution in [1.82, 2.24) is 9.88 Å². The van der Waals surface area contributed by atoms with Crippen molar-refractivity contribution >= 4 is 11.3 Å². The number of thiazole rings is 1. The zero-order valence-corrected chi connectivity index (χ0v) is 13.2. The molecule has 0 unspecified atom stereocenters. The molecule has 0 amide bonds. The molecule has 0 aliphatic carbocycles. The van der Waals surface area contributed by atoms with E-state index in [9.17, 15) is 0 Å². The first kappa shape index (κ1) is 15.6. The summed E-state index contributed by atoms with van der Waals surface area (Å²) in [6, 6.07) is 0. The van der Waals surface area contributed by atoms with Gasteiger partial charge in [-0.05, 0) is 33.4 Å². The second kappa shape index (κ2) is 6.64. The Balaban J connectivity index is 2.76. The molecule has 1 rings (SSSR count). The Morgan fingerprint density at radius 1 is 1.22 bits per heavy atom. The summed E-state index contributed by atoms with van der Waals surface area (Å²) in [5.41, 5.74) is 7.13. The molecule has 0 saturated carbocycles. The molecule has 0 spiro atoms. The first-order valence-corrected chi connectivity index (χ1v) is 7.74. The first-order valence-electron chi connectivity index (χ1n) is 6.92. The maximum absolute atomic E-state index is 6.21. The SMILES string of the molecule is CCc1nc(CCN(CC)CC)sc1C(C)(C)N. The third-order valence-electron chi connectivity index (χ3n) is 3.20. The lowest BCUT2D eigenvalue weighted by Gasteiger charge is -2.17. The van der Waals surface area contributed by atoms with Crippen LogP contribution in [0.5, 0.6) is 0 Å². The van der Waals surface area contributed by atoms with Gasteiger partial charge >= 0.3 is 0 Å². The van der Waals surface area contributed by atoms with Crippen LogP contribution in [0.3, 0.4) is 0 Å². The van der Waals surface area contributed by atoms with Gasteiger partial charge in [-0.2, -0.15) is 0 Å². The summed E-state index contributed by atoms with van der Waals surface area (Å²) in [6.07, 6.45) is 2.01. The van der Waals surface area contributed by atoms with Gasteiger partial charge in [0.2, 0.25) is 0 Å². The second-order valence-corrected chi connectivity index (χ2v) is 6.32. The van der Waals surface area contributed by atoms with E-state index >= 15 is 0 Å². The molecule has 104 valence electrons. The summed E-state index contributed by atoms with van der Waals surface area (Å²) in [7, 11) is 0. The maximum Gasteiger partial charge on any atom is 0.0944 e. The molecule has 2 N–H and O–H groups in total. The average molecular weight is 269 g/mol. The Kier molecular flexibility index (Phi) is 5.76. The smallest absolute Gasteiger partial charge is 0.0944 e. The molecule has 18 heavy (non-hydrogen) atoms. The van der Waals surface area contributed by atoms with Crippen LogP contribution >= 0.6 is 11.3 Å². The molecule has 0 aromatic carbocycles. The third kappa shape index (κ3) is 4.04. The van der Waals surface area contributed by atoms with Crippen LogP contribution in [0.2, 0.25) is 0 Å². The highest BCUT2D eigenvalue weighted by molar-refractivity contribution is 7.11. The molecule has 1 heterocycles. The topological polar surface area (TPSA) is 42.2 Å². The quantitative estimate of drug-likeness (QED) is 0.827. The lowest BCUT2D eigenvalue weighted by molar-refractivity contribution is 0.308. The molecule has 0 aliphatic heterocycles. The summed E-state index contributed by atoms with van der Waals surface area (Å²) in [4.78, 5) is 8.43. The molecular formula is C14H27N3S. The number of aromatic nitrogens is 1. The van der Waals surface area contributed by atoms with Crippen molar-refractivity contribution in [3.63, 3.8) is 0 Å². The van der Waals surface area contributed by atoms with E-state index in [1.165, 1.54) is 15.6 Å². The Morgan fingerprint density at radius 2 is 1.83 bits per heavy atom. The number of rotatable bonds is 7. The van der Waals surface area contributed by atoms with Gasteiger partial charge in [-0.1, -0.05) is 20.8 Å². The zero-order valence-electron chi connectivity index (χ0n) is 12.4. The van der Waals surface area contributed by atoms with Crippen LogP contribution in [0.25, 0.3) is 0 Å². The number of aryl methyl sites for hydroxylation is 1. The van der Waals surface area contributed by atoms with Crippen LogP contribution in [0.1, 0.15) is 50.2 Å². The van der Waals surface area contributed by atoms with Crippen molar-refractivity contribution in [2.45, 2.75) is 53.0 Å². The minimum absolute atomic E-state index is 0.267. The van der Waals surface area contributed by atoms with Gasteiger partial charge in [-0.3, -0.25) is 0 Å². The van der Waals surface area contributed by atoms with Crippen molar-refractivity contribution in [3.05, 3.63) is 15.6 Å². The van der Waals surface area contributed by atoms with E-state index in [-0.39, 0.29) is 5.54 Å². The van der Waals surface area contributed by atoms with E-state index < -0.39 is 0 Å². The monoisotopic (exact) mass is 269 g/mol. The van der Waals surface area contributed by atoms with Gasteiger partial charge in [0.1, 0.15) is 0 Å². The molecular weight excluding hydrogens is 242 g/mol. The lowest BCUT2D eigenvalue weighted by atomic mass is 10.0. The van der Waals surface area contributed by atoms with E-state index in [1.807, 2.05) is 0 Å². The number of nitrogens with two attached hydrogens (primary N) is 1. The van der Waals surface area contributed by atoms with Crippen LogP contribution in [0.4, 0.5) is 0 Å². The highest BCUT2D eigenvalue weighted by Crippen LogP contribution is 2.28. The highest BCUT2D eigenvalue weighted by Gasteiger charge is 2.22. The second-order valence-electron chi connectivity index (χ2n) is 5.24. The van der Waals surface area contributed by atoms with Gasteiger partial charge < -0.3 is 10.6 Å². The highest BCUT2D eigenvalue weighted by atomic mass is 32.1. The van der Waals surface area contributed by atoms with Gasteiger partial charge in [0.25, 0.3) is 0 Å². The Morgan fingerprint density at radius 3 is 2.22 bits per heavy atom. The number of hydrogen-bond acceptors (Lipinski definition) is 4. The molecule has 0 saturated heterocycles. The molecule has 0 aliphatic rings. The van der Waals surface area contributed by atoms with Crippen molar-refractivity contribution in [2.75, 3.05) is 19.6 Å². The van der Waals surface area contributed by atoms with Gasteiger partial charge in [-0.25, -0.2) is 4.98 Å². The predicted octanol–water partition coefficient (Wildman–Crippen LogP) is 2.78. The third-order valence-corrected chi connectivity index (χ3v) is 4.69. The summed E-state index contributed by atoms with van der Waals surface area (Å²) in [5, 5.41) is 1.23. The summed E-state index contributed by atoms with van der Waals surface area (Å²) >= 11 is 1.79. The molecule has 0 fully saturated rings. The van der Waals surface area contributed by atoms with Crippen molar-refractivity contribution in [1.29, 1.82) is 0 Å². The van der Waals surface area contributed by atoms with Crippen LogP contribution in [0.15, 0.2) is 0 Å². The molecule has 1 aromatic rings. The van der Waals surface area contributed by atoms with E-state index in [2.05, 4.69) is 39.5 Å². The van der Waals surface area contributed by atoms with Crippen LogP contribution < -0.4 is 5.73 Å². The largest absolute Gasteiger partial charge is 0.321 e.